The zero-order valence-corrected chi connectivity index (χ0v) is 7.83. The molecule has 2 rings (SSSR count). The van der Waals surface area contributed by atoms with E-state index in [1.165, 1.54) is 34.3 Å². The van der Waals surface area contributed by atoms with E-state index in [0.29, 0.717) is 5.41 Å². The maximum atomic E-state index is 3.36. The van der Waals surface area contributed by atoms with E-state index in [9.17, 15) is 0 Å². The molecule has 2 atom stereocenters. The Balaban J connectivity index is 1.89. The van der Waals surface area contributed by atoms with Crippen molar-refractivity contribution >= 4 is 8.58 Å². The molecule has 0 aromatic heterocycles. The molecule has 58 valence electrons. The fraction of sp³-hybridized carbons (Fsp3) is 1.00. The first-order valence-electron chi connectivity index (χ1n) is 4.08. The maximum absolute atomic E-state index is 3.36. The van der Waals surface area contributed by atoms with Crippen molar-refractivity contribution in [3.05, 3.63) is 0 Å². The second-order valence-electron chi connectivity index (χ2n) is 4.51. The Morgan fingerprint density at radius 2 is 2.00 bits per heavy atom. The summed E-state index contributed by atoms with van der Waals surface area (Å²) in [6.07, 6.45) is 2.97. The molecule has 0 spiro atoms. The van der Waals surface area contributed by atoms with E-state index in [1.807, 2.05) is 0 Å². The molecule has 0 aromatic rings. The summed E-state index contributed by atoms with van der Waals surface area (Å²) < 4.78 is 0. The monoisotopic (exact) mass is 157 g/mol. The second-order valence-corrected chi connectivity index (χ2v) is 6.42. The molecule has 2 saturated heterocycles. The highest BCUT2D eigenvalue weighted by atomic mass is 31.1. The quantitative estimate of drug-likeness (QED) is 0.598. The molecule has 2 heteroatoms. The van der Waals surface area contributed by atoms with Crippen LogP contribution in [0.25, 0.3) is 0 Å². The lowest BCUT2D eigenvalue weighted by Crippen LogP contribution is -2.52. The lowest BCUT2D eigenvalue weighted by Gasteiger charge is -2.41. The molecule has 0 saturated carbocycles. The Hall–Kier alpha value is 0.390. The van der Waals surface area contributed by atoms with Gasteiger partial charge in [0.2, 0.25) is 0 Å². The lowest BCUT2D eigenvalue weighted by molar-refractivity contribution is 0.171. The van der Waals surface area contributed by atoms with E-state index in [4.69, 9.17) is 0 Å². The zero-order chi connectivity index (χ0) is 7.24. The van der Waals surface area contributed by atoms with E-state index in [1.54, 1.807) is 0 Å². The standard InChI is InChI=1S/C8H16NP/c1-7(4-9-5-7)3-8(2)6-10-8/h9-10H,3-6H2,1-2H3. The third-order valence-electron chi connectivity index (χ3n) is 2.70. The van der Waals surface area contributed by atoms with Gasteiger partial charge in [-0.25, -0.2) is 0 Å². The molecule has 0 amide bonds. The smallest absolute Gasteiger partial charge is 0.00179 e. The normalized spacial score (nSPS) is 45.0. The van der Waals surface area contributed by atoms with Crippen molar-refractivity contribution in [3.8, 4) is 0 Å². The van der Waals surface area contributed by atoms with E-state index >= 15 is 0 Å². The van der Waals surface area contributed by atoms with Gasteiger partial charge in [0.15, 0.2) is 0 Å². The van der Waals surface area contributed by atoms with Crippen LogP contribution in [0.3, 0.4) is 0 Å². The summed E-state index contributed by atoms with van der Waals surface area (Å²) in [6.45, 7) is 7.37. The Morgan fingerprint density at radius 1 is 1.40 bits per heavy atom. The molecule has 0 bridgehead atoms. The third kappa shape index (κ3) is 1.22. The Labute approximate surface area is 64.7 Å². The van der Waals surface area contributed by atoms with Crippen molar-refractivity contribution in [2.45, 2.75) is 25.4 Å². The average molecular weight is 157 g/mol. The molecule has 2 aliphatic heterocycles. The average Bonchev–Trinajstić information content (AvgIpc) is 2.44. The van der Waals surface area contributed by atoms with Crippen LogP contribution in [0.1, 0.15) is 20.3 Å². The van der Waals surface area contributed by atoms with Gasteiger partial charge in [0, 0.05) is 13.1 Å². The van der Waals surface area contributed by atoms with Gasteiger partial charge in [-0.3, -0.25) is 0 Å². The van der Waals surface area contributed by atoms with Gasteiger partial charge in [0.25, 0.3) is 0 Å². The highest BCUT2D eigenvalue weighted by molar-refractivity contribution is 7.49. The summed E-state index contributed by atoms with van der Waals surface area (Å²) in [7, 11) is 1.26. The predicted molar refractivity (Wildman–Crippen MR) is 47.2 cm³/mol. The molecule has 0 aromatic carbocycles. The maximum Gasteiger partial charge on any atom is 0.00179 e. The SMILES string of the molecule is CC1(CC2(C)CP2)CNC1. The molecule has 0 radical (unpaired) electrons. The van der Waals surface area contributed by atoms with Crippen molar-refractivity contribution in [2.24, 2.45) is 5.41 Å². The largest absolute Gasteiger partial charge is 0.316 e. The molecule has 10 heavy (non-hydrogen) atoms. The van der Waals surface area contributed by atoms with Gasteiger partial charge in [-0.15, -0.1) is 8.58 Å². The Morgan fingerprint density at radius 3 is 2.30 bits per heavy atom. The van der Waals surface area contributed by atoms with Crippen LogP contribution >= 0.6 is 8.58 Å². The van der Waals surface area contributed by atoms with Gasteiger partial charge >= 0.3 is 0 Å². The minimum absolute atomic E-state index is 0.665. The molecule has 0 aliphatic carbocycles. The molecule has 1 nitrogen and oxygen atoms in total. The lowest BCUT2D eigenvalue weighted by atomic mass is 9.77. The Bertz CT molecular complexity index is 147. The summed E-state index contributed by atoms with van der Waals surface area (Å²) in [5.41, 5.74) is 0.665. The van der Waals surface area contributed by atoms with E-state index < -0.39 is 0 Å². The van der Waals surface area contributed by atoms with Gasteiger partial charge in [-0.1, -0.05) is 13.8 Å². The molecule has 2 heterocycles. The summed E-state index contributed by atoms with van der Waals surface area (Å²) in [5.74, 6) is 0. The van der Waals surface area contributed by atoms with Gasteiger partial charge in [0.05, 0.1) is 0 Å². The third-order valence-corrected chi connectivity index (χ3v) is 4.44. The van der Waals surface area contributed by atoms with Gasteiger partial charge < -0.3 is 5.32 Å². The van der Waals surface area contributed by atoms with Gasteiger partial charge in [0.1, 0.15) is 0 Å². The summed E-state index contributed by atoms with van der Waals surface area (Å²) in [4.78, 5) is 0. The van der Waals surface area contributed by atoms with Crippen molar-refractivity contribution in [3.63, 3.8) is 0 Å². The molecular weight excluding hydrogens is 141 g/mol. The predicted octanol–water partition coefficient (Wildman–Crippen LogP) is 1.44. The van der Waals surface area contributed by atoms with E-state index in [2.05, 4.69) is 19.2 Å². The molecule has 2 aliphatic rings. The minimum atomic E-state index is 0.665. The van der Waals surface area contributed by atoms with Crippen LogP contribution in [0.2, 0.25) is 0 Å². The Kier molecular flexibility index (Phi) is 1.38. The summed E-state index contributed by atoms with van der Waals surface area (Å²) in [6, 6.07) is 0. The summed E-state index contributed by atoms with van der Waals surface area (Å²) >= 11 is 0. The zero-order valence-electron chi connectivity index (χ0n) is 6.83. The number of rotatable bonds is 2. The van der Waals surface area contributed by atoms with Crippen LogP contribution in [0.4, 0.5) is 0 Å². The second kappa shape index (κ2) is 1.95. The molecular formula is C8H16NP. The molecule has 2 unspecified atom stereocenters. The van der Waals surface area contributed by atoms with Crippen LogP contribution in [-0.4, -0.2) is 24.4 Å². The topological polar surface area (TPSA) is 12.0 Å². The number of hydrogen-bond donors (Lipinski definition) is 1. The van der Waals surface area contributed by atoms with Crippen molar-refractivity contribution in [1.82, 2.24) is 5.32 Å². The fourth-order valence-corrected chi connectivity index (χ4v) is 2.87. The first kappa shape index (κ1) is 7.06. The highest BCUT2D eigenvalue weighted by Gasteiger charge is 2.45. The number of nitrogens with one attached hydrogen (secondary N) is 1. The molecule has 1 N–H and O–H groups in total. The van der Waals surface area contributed by atoms with Crippen molar-refractivity contribution in [1.29, 1.82) is 0 Å². The molecule has 2 fully saturated rings. The minimum Gasteiger partial charge on any atom is -0.316 e. The van der Waals surface area contributed by atoms with Gasteiger partial charge in [-0.2, -0.15) is 0 Å². The highest BCUT2D eigenvalue weighted by Crippen LogP contribution is 2.57. The van der Waals surface area contributed by atoms with E-state index in [0.717, 1.165) is 5.16 Å². The van der Waals surface area contributed by atoms with E-state index in [-0.39, 0.29) is 0 Å². The summed E-state index contributed by atoms with van der Waals surface area (Å²) in [5, 5.41) is 4.13. The van der Waals surface area contributed by atoms with Crippen LogP contribution in [-0.2, 0) is 0 Å². The van der Waals surface area contributed by atoms with Crippen molar-refractivity contribution < 1.29 is 0 Å². The van der Waals surface area contributed by atoms with Crippen LogP contribution < -0.4 is 5.32 Å². The van der Waals surface area contributed by atoms with Crippen LogP contribution in [0.15, 0.2) is 0 Å². The van der Waals surface area contributed by atoms with Gasteiger partial charge in [-0.05, 0) is 23.2 Å². The first-order valence-corrected chi connectivity index (χ1v) is 5.29. The fourth-order valence-electron chi connectivity index (χ4n) is 1.89. The van der Waals surface area contributed by atoms with Crippen molar-refractivity contribution in [2.75, 3.05) is 19.3 Å². The van der Waals surface area contributed by atoms with Crippen LogP contribution in [0, 0.1) is 5.41 Å². The number of hydrogen-bond acceptors (Lipinski definition) is 1. The first-order chi connectivity index (χ1) is 4.62. The van der Waals surface area contributed by atoms with Crippen LogP contribution in [0.5, 0.6) is 0 Å².